The number of imidazole rings is 1. The Morgan fingerprint density at radius 3 is 2.38 bits per heavy atom. The second kappa shape index (κ2) is 8.55. The molecule has 5 aromatic rings. The zero-order valence-corrected chi connectivity index (χ0v) is 18.3. The zero-order chi connectivity index (χ0) is 23.8. The van der Waals surface area contributed by atoms with E-state index >= 15 is 0 Å². The second-order valence-electron chi connectivity index (χ2n) is 8.11. The lowest BCUT2D eigenvalue weighted by molar-refractivity contribution is 0.586. The molecule has 0 fully saturated rings. The van der Waals surface area contributed by atoms with E-state index in [0.717, 1.165) is 15.7 Å². The van der Waals surface area contributed by atoms with Crippen LogP contribution >= 0.6 is 0 Å². The number of aromatic nitrogens is 4. The van der Waals surface area contributed by atoms with Crippen LogP contribution in [0, 0.1) is 18.6 Å². The van der Waals surface area contributed by atoms with E-state index < -0.39 is 22.9 Å². The highest BCUT2D eigenvalue weighted by Crippen LogP contribution is 2.16. The number of nitrogens with zero attached hydrogens (tertiary/aromatic N) is 4. The number of aryl methyl sites for hydroxylation is 1. The van der Waals surface area contributed by atoms with Gasteiger partial charge in [-0.15, -0.1) is 0 Å². The molecule has 3 aromatic carbocycles. The summed E-state index contributed by atoms with van der Waals surface area (Å²) in [5.74, 6) is -0.979. The van der Waals surface area contributed by atoms with E-state index in [4.69, 9.17) is 0 Å². The standard InChI is InChI=1S/C26H20F2N4O2/c1-17-5-4-6-18(13-17)14-30-16-29-24-23(30)25(33)31(15-19-7-2-3-8-22(19)28)26(34)32(24)21-11-9-20(27)10-12-21/h2-13,16H,14-15H2,1H3. The minimum Gasteiger partial charge on any atom is -0.320 e. The monoisotopic (exact) mass is 458 g/mol. The van der Waals surface area contributed by atoms with Crippen molar-refractivity contribution >= 4 is 11.2 Å². The highest BCUT2D eigenvalue weighted by atomic mass is 19.1. The molecule has 6 nitrogen and oxygen atoms in total. The van der Waals surface area contributed by atoms with Crippen molar-refractivity contribution < 1.29 is 8.78 Å². The van der Waals surface area contributed by atoms with Crippen molar-refractivity contribution in [3.8, 4) is 5.69 Å². The lowest BCUT2D eigenvalue weighted by Gasteiger charge is -2.13. The van der Waals surface area contributed by atoms with Crippen LogP contribution in [0.15, 0.2) is 88.7 Å². The van der Waals surface area contributed by atoms with Crippen LogP contribution in [-0.4, -0.2) is 18.7 Å². The van der Waals surface area contributed by atoms with Gasteiger partial charge in [0, 0.05) is 12.1 Å². The van der Waals surface area contributed by atoms with Crippen molar-refractivity contribution in [3.05, 3.63) is 128 Å². The van der Waals surface area contributed by atoms with Gasteiger partial charge in [0.1, 0.15) is 11.6 Å². The zero-order valence-electron chi connectivity index (χ0n) is 18.3. The van der Waals surface area contributed by atoms with Crippen molar-refractivity contribution in [2.24, 2.45) is 0 Å². The Labute approximate surface area is 193 Å². The largest absolute Gasteiger partial charge is 0.337 e. The predicted octanol–water partition coefficient (Wildman–Crippen LogP) is 4.03. The van der Waals surface area contributed by atoms with E-state index in [-0.39, 0.29) is 23.3 Å². The van der Waals surface area contributed by atoms with E-state index in [1.807, 2.05) is 31.2 Å². The normalized spacial score (nSPS) is 11.3. The van der Waals surface area contributed by atoms with Crippen LogP contribution in [0.25, 0.3) is 16.9 Å². The SMILES string of the molecule is Cc1cccc(Cn2cnc3c2c(=O)n(Cc2ccccc2F)c(=O)n3-c2ccc(F)cc2)c1. The number of benzene rings is 3. The first-order valence-electron chi connectivity index (χ1n) is 10.7. The van der Waals surface area contributed by atoms with E-state index in [1.54, 1.807) is 16.7 Å². The third kappa shape index (κ3) is 3.83. The lowest BCUT2D eigenvalue weighted by atomic mass is 10.1. The van der Waals surface area contributed by atoms with E-state index in [9.17, 15) is 18.4 Å². The third-order valence-corrected chi connectivity index (χ3v) is 5.71. The second-order valence-corrected chi connectivity index (χ2v) is 8.11. The lowest BCUT2D eigenvalue weighted by Crippen LogP contribution is -2.40. The molecule has 0 bridgehead atoms. The molecule has 2 aromatic heterocycles. The van der Waals surface area contributed by atoms with Gasteiger partial charge in [0.2, 0.25) is 0 Å². The van der Waals surface area contributed by atoms with Crippen LogP contribution in [0.4, 0.5) is 8.78 Å². The van der Waals surface area contributed by atoms with Crippen LogP contribution in [0.3, 0.4) is 0 Å². The van der Waals surface area contributed by atoms with Gasteiger partial charge in [0.05, 0.1) is 18.6 Å². The Bertz CT molecular complexity index is 1630. The van der Waals surface area contributed by atoms with Gasteiger partial charge < -0.3 is 4.57 Å². The van der Waals surface area contributed by atoms with E-state index in [1.165, 1.54) is 47.3 Å². The number of fused-ring (bicyclic) bond motifs is 1. The molecule has 34 heavy (non-hydrogen) atoms. The molecular weight excluding hydrogens is 438 g/mol. The van der Waals surface area contributed by atoms with Gasteiger partial charge in [-0.25, -0.2) is 23.1 Å². The predicted molar refractivity (Wildman–Crippen MR) is 125 cm³/mol. The molecule has 0 unspecified atom stereocenters. The fraction of sp³-hybridized carbons (Fsp3) is 0.115. The Balaban J connectivity index is 1.77. The molecule has 0 N–H and O–H groups in total. The average molecular weight is 458 g/mol. The first-order chi connectivity index (χ1) is 16.4. The molecule has 0 saturated carbocycles. The Kier molecular flexibility index (Phi) is 5.41. The van der Waals surface area contributed by atoms with Crippen molar-refractivity contribution in [1.82, 2.24) is 18.7 Å². The fourth-order valence-electron chi connectivity index (χ4n) is 4.07. The number of hydrogen-bond acceptors (Lipinski definition) is 3. The minimum atomic E-state index is -0.687. The molecule has 0 aliphatic carbocycles. The molecule has 0 aliphatic rings. The maximum Gasteiger partial charge on any atom is 0.337 e. The molecule has 0 aliphatic heterocycles. The topological polar surface area (TPSA) is 61.8 Å². The van der Waals surface area contributed by atoms with Crippen molar-refractivity contribution in [3.63, 3.8) is 0 Å². The fourth-order valence-corrected chi connectivity index (χ4v) is 4.07. The van der Waals surface area contributed by atoms with Crippen molar-refractivity contribution in [2.75, 3.05) is 0 Å². The first kappa shape index (κ1) is 21.5. The van der Waals surface area contributed by atoms with Crippen molar-refractivity contribution in [2.45, 2.75) is 20.0 Å². The quantitative estimate of drug-likeness (QED) is 0.400. The summed E-state index contributed by atoms with van der Waals surface area (Å²) in [4.78, 5) is 31.4. The maximum absolute atomic E-state index is 14.4. The summed E-state index contributed by atoms with van der Waals surface area (Å²) in [6, 6.07) is 19.1. The van der Waals surface area contributed by atoms with Crippen LogP contribution in [0.2, 0.25) is 0 Å². The average Bonchev–Trinajstić information content (AvgIpc) is 3.22. The molecule has 0 amide bonds. The molecule has 170 valence electrons. The summed E-state index contributed by atoms with van der Waals surface area (Å²) in [6.45, 7) is 2.08. The summed E-state index contributed by atoms with van der Waals surface area (Å²) in [5, 5.41) is 0. The summed E-state index contributed by atoms with van der Waals surface area (Å²) in [7, 11) is 0. The third-order valence-electron chi connectivity index (χ3n) is 5.71. The smallest absolute Gasteiger partial charge is 0.320 e. The van der Waals surface area contributed by atoms with Crippen LogP contribution in [0.1, 0.15) is 16.7 Å². The van der Waals surface area contributed by atoms with Gasteiger partial charge >= 0.3 is 5.69 Å². The molecular formula is C26H20F2N4O2. The molecule has 8 heteroatoms. The van der Waals surface area contributed by atoms with Gasteiger partial charge in [-0.1, -0.05) is 48.0 Å². The summed E-state index contributed by atoms with van der Waals surface area (Å²) in [6.07, 6.45) is 1.50. The molecule has 0 spiro atoms. The van der Waals surface area contributed by atoms with E-state index in [2.05, 4.69) is 4.98 Å². The number of halogens is 2. The highest BCUT2D eigenvalue weighted by Gasteiger charge is 2.20. The van der Waals surface area contributed by atoms with Gasteiger partial charge in [-0.2, -0.15) is 0 Å². The number of rotatable bonds is 5. The van der Waals surface area contributed by atoms with Crippen LogP contribution in [0.5, 0.6) is 0 Å². The van der Waals surface area contributed by atoms with Crippen LogP contribution < -0.4 is 11.2 Å². The summed E-state index contributed by atoms with van der Waals surface area (Å²) in [5.41, 5.74) is 1.66. The molecule has 0 radical (unpaired) electrons. The Hall–Kier alpha value is -4.33. The molecule has 2 heterocycles. The number of hydrogen-bond donors (Lipinski definition) is 0. The summed E-state index contributed by atoms with van der Waals surface area (Å²) < 4.78 is 31.9. The van der Waals surface area contributed by atoms with E-state index in [0.29, 0.717) is 12.2 Å². The molecule has 5 rings (SSSR count). The van der Waals surface area contributed by atoms with Gasteiger partial charge in [0.25, 0.3) is 5.56 Å². The Morgan fingerprint density at radius 2 is 1.65 bits per heavy atom. The van der Waals surface area contributed by atoms with Gasteiger partial charge in [-0.3, -0.25) is 9.36 Å². The molecule has 0 atom stereocenters. The highest BCUT2D eigenvalue weighted by molar-refractivity contribution is 5.72. The maximum atomic E-state index is 14.4. The van der Waals surface area contributed by atoms with Gasteiger partial charge in [-0.05, 0) is 42.8 Å². The van der Waals surface area contributed by atoms with Crippen LogP contribution in [-0.2, 0) is 13.1 Å². The summed E-state index contributed by atoms with van der Waals surface area (Å²) >= 11 is 0. The van der Waals surface area contributed by atoms with Crippen molar-refractivity contribution in [1.29, 1.82) is 0 Å². The molecule has 0 saturated heterocycles. The Morgan fingerprint density at radius 1 is 0.882 bits per heavy atom. The first-order valence-corrected chi connectivity index (χ1v) is 10.7. The van der Waals surface area contributed by atoms with Gasteiger partial charge in [0.15, 0.2) is 11.2 Å². The minimum absolute atomic E-state index is 0.152.